The van der Waals surface area contributed by atoms with E-state index in [4.69, 9.17) is 10.8 Å². The number of carboxylic acids is 1. The van der Waals surface area contributed by atoms with Gasteiger partial charge >= 0.3 is 5.97 Å². The van der Waals surface area contributed by atoms with Gasteiger partial charge in [-0.15, -0.1) is 0 Å². The summed E-state index contributed by atoms with van der Waals surface area (Å²) in [6.45, 7) is 0.376. The number of amides is 4. The lowest BCUT2D eigenvalue weighted by atomic mass is 10.0. The Kier molecular flexibility index (Phi) is 9.52. The second-order valence-electron chi connectivity index (χ2n) is 7.71. The van der Waals surface area contributed by atoms with Crippen LogP contribution in [0.1, 0.15) is 44.1 Å². The zero-order valence-corrected chi connectivity index (χ0v) is 18.1. The fourth-order valence-corrected chi connectivity index (χ4v) is 3.60. The first-order valence-electron chi connectivity index (χ1n) is 10.6. The third kappa shape index (κ3) is 7.70. The van der Waals surface area contributed by atoms with E-state index in [0.717, 1.165) is 17.0 Å². The Morgan fingerprint density at radius 2 is 1.82 bits per heavy atom. The highest BCUT2D eigenvalue weighted by molar-refractivity contribution is 5.94. The van der Waals surface area contributed by atoms with Crippen molar-refractivity contribution in [2.24, 2.45) is 5.73 Å². The number of hydrazine groups is 1. The van der Waals surface area contributed by atoms with Gasteiger partial charge in [0.25, 0.3) is 0 Å². The molecule has 0 radical (unpaired) electrons. The lowest BCUT2D eigenvalue weighted by molar-refractivity contribution is -0.184. The largest absolute Gasteiger partial charge is 0.481 e. The number of benzene rings is 1. The van der Waals surface area contributed by atoms with Gasteiger partial charge in [-0.3, -0.25) is 29.0 Å². The van der Waals surface area contributed by atoms with Crippen LogP contribution in [-0.2, 0) is 35.2 Å². The minimum Gasteiger partial charge on any atom is -0.481 e. The molecule has 0 aliphatic carbocycles. The molecule has 2 atom stereocenters. The molecular weight excluding hydrogens is 432 g/mol. The highest BCUT2D eigenvalue weighted by Gasteiger charge is 2.42. The van der Waals surface area contributed by atoms with Gasteiger partial charge in [-0.2, -0.15) is 0 Å². The van der Waals surface area contributed by atoms with Gasteiger partial charge in [0.15, 0.2) is 0 Å². The van der Waals surface area contributed by atoms with Crippen LogP contribution in [0, 0.1) is 0 Å². The molecule has 3 rings (SSSR count). The molecule has 1 aromatic rings. The third-order valence-electron chi connectivity index (χ3n) is 5.19. The zero-order valence-electron chi connectivity index (χ0n) is 18.1. The Hall–Kier alpha value is -3.76. The molecule has 2 heterocycles. The number of nitrogens with two attached hydrogens (primary N) is 1. The Balaban J connectivity index is 0.000000294. The van der Waals surface area contributed by atoms with Gasteiger partial charge < -0.3 is 21.0 Å². The smallest absolute Gasteiger partial charge is 0.305 e. The second-order valence-corrected chi connectivity index (χ2v) is 7.71. The fourth-order valence-electron chi connectivity index (χ4n) is 3.60. The quantitative estimate of drug-likeness (QED) is 0.451. The number of aliphatic carboxylic acids is 1. The van der Waals surface area contributed by atoms with Crippen molar-refractivity contribution < 1.29 is 33.9 Å². The van der Waals surface area contributed by atoms with Gasteiger partial charge in [0.2, 0.25) is 23.6 Å². The van der Waals surface area contributed by atoms with Crippen LogP contribution in [0.2, 0.25) is 0 Å². The van der Waals surface area contributed by atoms with Crippen LogP contribution < -0.4 is 11.1 Å². The van der Waals surface area contributed by atoms with Crippen LogP contribution >= 0.6 is 0 Å². The second kappa shape index (κ2) is 12.3. The first-order valence-corrected chi connectivity index (χ1v) is 10.6. The van der Waals surface area contributed by atoms with Crippen molar-refractivity contribution >= 4 is 35.9 Å². The van der Waals surface area contributed by atoms with Gasteiger partial charge in [-0.25, -0.2) is 5.01 Å². The number of hydrogen-bond donors (Lipinski definition) is 3. The molecule has 4 N–H and O–H groups in total. The van der Waals surface area contributed by atoms with E-state index in [0.29, 0.717) is 32.1 Å². The number of fused-ring (bicyclic) bond motifs is 1. The van der Waals surface area contributed by atoms with E-state index in [1.165, 1.54) is 5.01 Å². The van der Waals surface area contributed by atoms with E-state index in [-0.39, 0.29) is 30.6 Å². The number of aldehydes is 1. The summed E-state index contributed by atoms with van der Waals surface area (Å²) in [5.41, 5.74) is 6.16. The molecule has 11 nitrogen and oxygen atoms in total. The normalized spacial score (nSPS) is 18.4. The number of carbonyl (C=O) groups excluding carboxylic acids is 5. The van der Waals surface area contributed by atoms with Crippen LogP contribution in [0.25, 0.3) is 0 Å². The maximum absolute atomic E-state index is 12.3. The number of carboxylic acid groups (broad SMARTS) is 1. The third-order valence-corrected chi connectivity index (χ3v) is 5.19. The van der Waals surface area contributed by atoms with E-state index in [9.17, 15) is 28.8 Å². The van der Waals surface area contributed by atoms with Crippen LogP contribution in [0.3, 0.4) is 0 Å². The molecular formula is C22H28N4O7. The molecule has 2 saturated heterocycles. The maximum Gasteiger partial charge on any atom is 0.305 e. The molecule has 178 valence electrons. The summed E-state index contributed by atoms with van der Waals surface area (Å²) in [7, 11) is 0. The molecule has 2 aliphatic heterocycles. The van der Waals surface area contributed by atoms with Crippen LogP contribution in [-0.4, -0.2) is 69.6 Å². The summed E-state index contributed by atoms with van der Waals surface area (Å²) in [4.78, 5) is 68.0. The maximum atomic E-state index is 12.3. The number of hydrogen-bond acceptors (Lipinski definition) is 6. The summed E-state index contributed by atoms with van der Waals surface area (Å²) >= 11 is 0. The van der Waals surface area contributed by atoms with E-state index in [1.807, 2.05) is 30.3 Å². The number of nitrogens with zero attached hydrogens (tertiary/aromatic N) is 2. The zero-order chi connectivity index (χ0) is 24.4. The Labute approximate surface area is 190 Å². The van der Waals surface area contributed by atoms with Crippen LogP contribution in [0.5, 0.6) is 0 Å². The van der Waals surface area contributed by atoms with Crippen molar-refractivity contribution in [3.05, 3.63) is 35.9 Å². The van der Waals surface area contributed by atoms with Crippen LogP contribution in [0.4, 0.5) is 0 Å². The van der Waals surface area contributed by atoms with E-state index in [2.05, 4.69) is 5.32 Å². The van der Waals surface area contributed by atoms with Crippen molar-refractivity contribution in [3.63, 3.8) is 0 Å². The summed E-state index contributed by atoms with van der Waals surface area (Å²) < 4.78 is 0. The summed E-state index contributed by atoms with van der Waals surface area (Å²) in [5, 5.41) is 13.4. The van der Waals surface area contributed by atoms with Gasteiger partial charge in [-0.05, 0) is 24.8 Å². The van der Waals surface area contributed by atoms with Crippen molar-refractivity contribution in [1.29, 1.82) is 0 Å². The van der Waals surface area contributed by atoms with Gasteiger partial charge in [0.1, 0.15) is 12.3 Å². The topological polar surface area (TPSA) is 167 Å². The molecule has 0 aromatic heterocycles. The molecule has 33 heavy (non-hydrogen) atoms. The number of primary amides is 1. The molecule has 0 spiro atoms. The molecule has 1 aromatic carbocycles. The molecule has 2 aliphatic rings. The molecule has 11 heteroatoms. The summed E-state index contributed by atoms with van der Waals surface area (Å²) in [5.74, 6) is -2.61. The van der Waals surface area contributed by atoms with E-state index >= 15 is 0 Å². The predicted octanol–water partition coefficient (Wildman–Crippen LogP) is -0.222. The molecule has 2 unspecified atom stereocenters. The standard InChI is InChI=1S/C13H17N3O6.C9H11NO/c17-7-8(6-12(20)21)14-13(22)9-2-1-5-15-10(18)3-4-11(19)16(9)15;10-9(11)7-6-8-4-2-1-3-5-8/h7-9H,1-6H2,(H,14,22)(H,20,21);1-5H,6-7H2,(H2,10,11). The first kappa shape index (κ1) is 25.5. The average Bonchev–Trinajstić information content (AvgIpc) is 2.80. The SMILES string of the molecule is NC(=O)CCc1ccccc1.O=CC(CC(=O)O)NC(=O)C1CCCN2C(=O)CCC(=O)N12. The van der Waals surface area contributed by atoms with Crippen LogP contribution in [0.15, 0.2) is 30.3 Å². The highest BCUT2D eigenvalue weighted by atomic mass is 16.4. The van der Waals surface area contributed by atoms with Crippen molar-refractivity contribution in [1.82, 2.24) is 15.3 Å². The van der Waals surface area contributed by atoms with Crippen molar-refractivity contribution in [2.45, 2.75) is 57.0 Å². The van der Waals surface area contributed by atoms with E-state index < -0.39 is 30.4 Å². The molecule has 0 saturated carbocycles. The first-order chi connectivity index (χ1) is 15.7. The summed E-state index contributed by atoms with van der Waals surface area (Å²) in [6.07, 6.45) is 2.08. The fraction of sp³-hybridized carbons (Fsp3) is 0.455. The molecule has 4 amide bonds. The Morgan fingerprint density at radius 3 is 2.42 bits per heavy atom. The number of rotatable bonds is 8. The monoisotopic (exact) mass is 460 g/mol. The average molecular weight is 460 g/mol. The van der Waals surface area contributed by atoms with Gasteiger partial charge in [-0.1, -0.05) is 30.3 Å². The highest BCUT2D eigenvalue weighted by Crippen LogP contribution is 2.25. The number of carbonyl (C=O) groups is 6. The van der Waals surface area contributed by atoms with Gasteiger partial charge in [0.05, 0.1) is 12.5 Å². The lowest BCUT2D eigenvalue weighted by Crippen LogP contribution is -2.64. The van der Waals surface area contributed by atoms with Crippen molar-refractivity contribution in [3.8, 4) is 0 Å². The van der Waals surface area contributed by atoms with Gasteiger partial charge in [0, 0.05) is 25.8 Å². The summed E-state index contributed by atoms with van der Waals surface area (Å²) in [6, 6.07) is 7.80. The minimum atomic E-state index is -1.22. The number of nitrogens with one attached hydrogen (secondary N) is 1. The predicted molar refractivity (Wildman–Crippen MR) is 115 cm³/mol. The molecule has 2 fully saturated rings. The van der Waals surface area contributed by atoms with E-state index in [1.54, 1.807) is 0 Å². The Morgan fingerprint density at radius 1 is 1.15 bits per heavy atom. The molecule has 0 bridgehead atoms. The number of aryl methyl sites for hydroxylation is 1. The van der Waals surface area contributed by atoms with Crippen molar-refractivity contribution in [2.75, 3.05) is 6.54 Å². The minimum absolute atomic E-state index is 0.0470. The Bertz CT molecular complexity index is 890. The lowest BCUT2D eigenvalue weighted by Gasteiger charge is -2.45.